The molecule has 29 heavy (non-hydrogen) atoms. The maximum Gasteiger partial charge on any atom is 0.341 e. The van der Waals surface area contributed by atoms with Crippen LogP contribution in [0.3, 0.4) is 0 Å². The lowest BCUT2D eigenvalue weighted by atomic mass is 9.88. The third-order valence-corrected chi connectivity index (χ3v) is 6.27. The maximum atomic E-state index is 12.7. The number of benzene rings is 1. The lowest BCUT2D eigenvalue weighted by Crippen LogP contribution is -2.17. The molecular formula is C20H21ClN2O5S. The van der Waals surface area contributed by atoms with Crippen molar-refractivity contribution in [1.29, 1.82) is 0 Å². The minimum atomic E-state index is -0.641. The molecule has 1 amide bonds. The number of rotatable bonds is 6. The summed E-state index contributed by atoms with van der Waals surface area (Å²) in [6.07, 6.45) is 3.27. The minimum absolute atomic E-state index is 0.0454. The molecule has 1 aromatic carbocycles. The maximum absolute atomic E-state index is 12.7. The number of esters is 1. The van der Waals surface area contributed by atoms with Crippen molar-refractivity contribution < 1.29 is 19.2 Å². The highest BCUT2D eigenvalue weighted by molar-refractivity contribution is 7.17. The van der Waals surface area contributed by atoms with Gasteiger partial charge in [-0.15, -0.1) is 11.3 Å². The normalized spacial score (nSPS) is 15.5. The zero-order valence-corrected chi connectivity index (χ0v) is 17.7. The summed E-state index contributed by atoms with van der Waals surface area (Å²) in [5.41, 5.74) is 1.09. The first-order valence-electron chi connectivity index (χ1n) is 9.38. The molecule has 1 heterocycles. The fourth-order valence-corrected chi connectivity index (χ4v) is 4.87. The number of ether oxygens (including phenoxy) is 1. The van der Waals surface area contributed by atoms with Crippen LogP contribution in [0.15, 0.2) is 18.2 Å². The Bertz CT molecular complexity index is 972. The monoisotopic (exact) mass is 436 g/mol. The molecule has 1 unspecified atom stereocenters. The highest BCUT2D eigenvalue weighted by atomic mass is 35.5. The quantitative estimate of drug-likeness (QED) is 0.378. The number of carbonyl (C=O) groups is 2. The van der Waals surface area contributed by atoms with Gasteiger partial charge in [0.2, 0.25) is 0 Å². The number of thiophene rings is 1. The van der Waals surface area contributed by atoms with E-state index >= 15 is 0 Å². The second kappa shape index (κ2) is 8.92. The topological polar surface area (TPSA) is 98.5 Å². The van der Waals surface area contributed by atoms with E-state index in [4.69, 9.17) is 16.3 Å². The number of nitro benzene ring substituents is 1. The minimum Gasteiger partial charge on any atom is -0.462 e. The molecule has 3 rings (SSSR count). The molecule has 1 aromatic heterocycles. The highest BCUT2D eigenvalue weighted by Gasteiger charge is 2.29. The Morgan fingerprint density at radius 3 is 2.86 bits per heavy atom. The van der Waals surface area contributed by atoms with Gasteiger partial charge < -0.3 is 10.1 Å². The van der Waals surface area contributed by atoms with Crippen LogP contribution in [0.5, 0.6) is 0 Å². The number of anilines is 1. The lowest BCUT2D eigenvalue weighted by molar-refractivity contribution is -0.384. The number of halogens is 1. The first-order valence-corrected chi connectivity index (χ1v) is 10.6. The van der Waals surface area contributed by atoms with E-state index in [9.17, 15) is 19.7 Å². The number of fused-ring (bicyclic) bond motifs is 1. The van der Waals surface area contributed by atoms with E-state index in [0.29, 0.717) is 29.5 Å². The molecule has 1 aliphatic rings. The predicted octanol–water partition coefficient (Wildman–Crippen LogP) is 5.25. The summed E-state index contributed by atoms with van der Waals surface area (Å²) in [4.78, 5) is 36.9. The number of nitrogens with one attached hydrogen (secondary N) is 1. The van der Waals surface area contributed by atoms with Crippen LogP contribution in [0.25, 0.3) is 0 Å². The third-order valence-electron chi connectivity index (χ3n) is 4.79. The molecule has 0 aliphatic heterocycles. The van der Waals surface area contributed by atoms with Crippen molar-refractivity contribution in [2.45, 2.75) is 39.5 Å². The number of amides is 1. The SMILES string of the molecule is CCCOC(=O)c1c(NC(=O)c2ccc(Cl)c([N+](=O)[O-])c2)sc2c1CCC(C)C2. The Balaban J connectivity index is 1.94. The van der Waals surface area contributed by atoms with Gasteiger partial charge in [-0.1, -0.05) is 25.4 Å². The Labute approximate surface area is 177 Å². The van der Waals surface area contributed by atoms with Crippen LogP contribution in [0.2, 0.25) is 5.02 Å². The van der Waals surface area contributed by atoms with E-state index in [-0.39, 0.29) is 16.3 Å². The molecule has 0 spiro atoms. The smallest absolute Gasteiger partial charge is 0.341 e. The van der Waals surface area contributed by atoms with Gasteiger partial charge in [-0.05, 0) is 49.3 Å². The second-order valence-electron chi connectivity index (χ2n) is 7.07. The van der Waals surface area contributed by atoms with Gasteiger partial charge in [0.1, 0.15) is 10.0 Å². The van der Waals surface area contributed by atoms with Crippen molar-refractivity contribution in [3.63, 3.8) is 0 Å². The standard InChI is InChI=1S/C20H21ClN2O5S/c1-3-8-28-20(25)17-13-6-4-11(2)9-16(13)29-19(17)22-18(24)12-5-7-14(21)15(10-12)23(26)27/h5,7,10-11H,3-4,6,8-9H2,1-2H3,(H,22,24). The lowest BCUT2D eigenvalue weighted by Gasteiger charge is -2.18. The van der Waals surface area contributed by atoms with E-state index in [1.54, 1.807) is 0 Å². The average Bonchev–Trinajstić information content (AvgIpc) is 3.02. The first kappa shape index (κ1) is 21.3. The van der Waals surface area contributed by atoms with Crippen LogP contribution in [-0.2, 0) is 17.6 Å². The number of nitrogens with zero attached hydrogens (tertiary/aromatic N) is 1. The molecule has 0 fully saturated rings. The fraction of sp³-hybridized carbons (Fsp3) is 0.400. The summed E-state index contributed by atoms with van der Waals surface area (Å²) >= 11 is 7.19. The molecule has 1 aliphatic carbocycles. The second-order valence-corrected chi connectivity index (χ2v) is 8.58. The van der Waals surface area contributed by atoms with Crippen molar-refractivity contribution in [3.8, 4) is 0 Å². The summed E-state index contributed by atoms with van der Waals surface area (Å²) in [6.45, 7) is 4.37. The van der Waals surface area contributed by atoms with Gasteiger partial charge in [-0.2, -0.15) is 0 Å². The molecular weight excluding hydrogens is 416 g/mol. The zero-order chi connectivity index (χ0) is 21.1. The highest BCUT2D eigenvalue weighted by Crippen LogP contribution is 2.40. The van der Waals surface area contributed by atoms with Crippen molar-refractivity contribution in [3.05, 3.63) is 54.9 Å². The predicted molar refractivity (Wildman–Crippen MR) is 112 cm³/mol. The van der Waals surface area contributed by atoms with Crippen molar-refractivity contribution in [1.82, 2.24) is 0 Å². The van der Waals surface area contributed by atoms with Crippen molar-refractivity contribution >= 4 is 45.5 Å². The van der Waals surface area contributed by atoms with Gasteiger partial charge in [0, 0.05) is 16.5 Å². The Morgan fingerprint density at radius 1 is 1.41 bits per heavy atom. The molecule has 0 saturated carbocycles. The Kier molecular flexibility index (Phi) is 6.54. The number of nitro groups is 1. The Morgan fingerprint density at radius 2 is 2.17 bits per heavy atom. The molecule has 0 bridgehead atoms. The molecule has 2 aromatic rings. The van der Waals surface area contributed by atoms with Crippen LogP contribution in [0.1, 0.15) is 57.8 Å². The van der Waals surface area contributed by atoms with Crippen LogP contribution in [0, 0.1) is 16.0 Å². The summed E-state index contributed by atoms with van der Waals surface area (Å²) in [5.74, 6) is -0.486. The summed E-state index contributed by atoms with van der Waals surface area (Å²) < 4.78 is 5.33. The van der Waals surface area contributed by atoms with E-state index < -0.39 is 16.8 Å². The largest absolute Gasteiger partial charge is 0.462 e. The van der Waals surface area contributed by atoms with Gasteiger partial charge >= 0.3 is 5.97 Å². The molecule has 0 saturated heterocycles. The van der Waals surface area contributed by atoms with Crippen LogP contribution in [0.4, 0.5) is 10.7 Å². The van der Waals surface area contributed by atoms with Gasteiger partial charge in [0.15, 0.2) is 0 Å². The van der Waals surface area contributed by atoms with Gasteiger partial charge in [0.05, 0.1) is 17.1 Å². The van der Waals surface area contributed by atoms with E-state index in [1.165, 1.54) is 23.5 Å². The number of hydrogen-bond donors (Lipinski definition) is 1. The first-order chi connectivity index (χ1) is 13.8. The van der Waals surface area contributed by atoms with Crippen LogP contribution >= 0.6 is 22.9 Å². The fourth-order valence-electron chi connectivity index (χ4n) is 3.29. The molecule has 1 atom stereocenters. The van der Waals surface area contributed by atoms with Crippen LogP contribution < -0.4 is 5.32 Å². The van der Waals surface area contributed by atoms with E-state index in [0.717, 1.165) is 35.8 Å². The third kappa shape index (κ3) is 4.59. The van der Waals surface area contributed by atoms with Gasteiger partial charge in [-0.25, -0.2) is 4.79 Å². The van der Waals surface area contributed by atoms with Crippen molar-refractivity contribution in [2.75, 3.05) is 11.9 Å². The van der Waals surface area contributed by atoms with Gasteiger partial charge in [0.25, 0.3) is 11.6 Å². The van der Waals surface area contributed by atoms with Crippen LogP contribution in [-0.4, -0.2) is 23.4 Å². The number of carbonyl (C=O) groups excluding carboxylic acids is 2. The summed E-state index contributed by atoms with van der Waals surface area (Å²) in [6, 6.07) is 3.85. The molecule has 154 valence electrons. The molecule has 1 N–H and O–H groups in total. The summed E-state index contributed by atoms with van der Waals surface area (Å²) in [7, 11) is 0. The van der Waals surface area contributed by atoms with E-state index in [2.05, 4.69) is 12.2 Å². The molecule has 7 nitrogen and oxygen atoms in total. The molecule has 0 radical (unpaired) electrons. The average molecular weight is 437 g/mol. The zero-order valence-electron chi connectivity index (χ0n) is 16.1. The van der Waals surface area contributed by atoms with Gasteiger partial charge in [-0.3, -0.25) is 14.9 Å². The number of hydrogen-bond acceptors (Lipinski definition) is 6. The molecule has 9 heteroatoms. The van der Waals surface area contributed by atoms with Crippen molar-refractivity contribution in [2.24, 2.45) is 5.92 Å². The van der Waals surface area contributed by atoms with E-state index in [1.807, 2.05) is 6.92 Å². The Hall–Kier alpha value is -2.45. The summed E-state index contributed by atoms with van der Waals surface area (Å²) in [5, 5.41) is 14.2.